The van der Waals surface area contributed by atoms with E-state index in [1.807, 2.05) is 4.68 Å². The number of aromatic nitrogens is 4. The third-order valence-corrected chi connectivity index (χ3v) is 2.90. The molecule has 1 saturated heterocycles. The first-order chi connectivity index (χ1) is 7.52. The predicted molar refractivity (Wildman–Crippen MR) is 58.8 cm³/mol. The van der Waals surface area contributed by atoms with Crippen molar-refractivity contribution in [2.24, 2.45) is 0 Å². The van der Waals surface area contributed by atoms with E-state index < -0.39 is 0 Å². The van der Waals surface area contributed by atoms with Crippen LogP contribution >= 0.6 is 0 Å². The van der Waals surface area contributed by atoms with Crippen LogP contribution in [0.4, 0.5) is 0 Å². The second-order valence-corrected chi connectivity index (χ2v) is 5.30. The van der Waals surface area contributed by atoms with Gasteiger partial charge in [0, 0.05) is 6.04 Å². The summed E-state index contributed by atoms with van der Waals surface area (Å²) < 4.78 is 1.85. The van der Waals surface area contributed by atoms with Gasteiger partial charge in [-0.15, -0.1) is 5.10 Å². The second kappa shape index (κ2) is 4.10. The number of nitrogens with zero attached hydrogens (tertiary/aromatic N) is 4. The lowest BCUT2D eigenvalue weighted by molar-refractivity contribution is 0.249. The van der Waals surface area contributed by atoms with Crippen molar-refractivity contribution >= 4 is 0 Å². The van der Waals surface area contributed by atoms with E-state index in [1.165, 1.54) is 0 Å². The van der Waals surface area contributed by atoms with Crippen LogP contribution in [0.2, 0.25) is 0 Å². The van der Waals surface area contributed by atoms with Gasteiger partial charge in [0.25, 0.3) is 0 Å². The van der Waals surface area contributed by atoms with Gasteiger partial charge in [-0.1, -0.05) is 0 Å². The first-order valence-corrected chi connectivity index (χ1v) is 5.68. The lowest BCUT2D eigenvalue weighted by atomic mass is 10.1. The molecule has 6 nitrogen and oxygen atoms in total. The normalized spacial score (nSPS) is 26.2. The molecule has 1 fully saturated rings. The monoisotopic (exact) mass is 225 g/mol. The summed E-state index contributed by atoms with van der Waals surface area (Å²) in [6.45, 7) is 6.40. The Bertz CT molecular complexity index is 356. The van der Waals surface area contributed by atoms with E-state index >= 15 is 0 Å². The molecule has 1 aliphatic rings. The summed E-state index contributed by atoms with van der Waals surface area (Å²) in [7, 11) is 0. The van der Waals surface area contributed by atoms with E-state index in [2.05, 4.69) is 41.6 Å². The summed E-state index contributed by atoms with van der Waals surface area (Å²) in [5, 5.41) is 24.3. The Kier molecular flexibility index (Phi) is 2.94. The maximum absolute atomic E-state index is 9.09. The zero-order valence-corrected chi connectivity index (χ0v) is 10.0. The highest BCUT2D eigenvalue weighted by Gasteiger charge is 2.31. The summed E-state index contributed by atoms with van der Waals surface area (Å²) in [5.74, 6) is 0.864. The Morgan fingerprint density at radius 1 is 1.44 bits per heavy atom. The standard InChI is InChI=1S/C10H19N5O/c1-10(2,3)15-9(12-13-14-15)8-5-4-7(6-16)11-8/h7-8,11,16H,4-6H2,1-3H3/t7-,8+/m0/s1. The lowest BCUT2D eigenvalue weighted by Gasteiger charge is -2.22. The molecule has 2 rings (SSSR count). The van der Waals surface area contributed by atoms with Gasteiger partial charge >= 0.3 is 0 Å². The van der Waals surface area contributed by atoms with Crippen LogP contribution in [0.3, 0.4) is 0 Å². The van der Waals surface area contributed by atoms with Crippen molar-refractivity contribution in [1.82, 2.24) is 25.5 Å². The smallest absolute Gasteiger partial charge is 0.168 e. The summed E-state index contributed by atoms with van der Waals surface area (Å²) in [5.41, 5.74) is -0.113. The van der Waals surface area contributed by atoms with Crippen molar-refractivity contribution in [3.8, 4) is 0 Å². The molecule has 6 heteroatoms. The molecule has 0 amide bonds. The van der Waals surface area contributed by atoms with E-state index in [0.717, 1.165) is 18.7 Å². The van der Waals surface area contributed by atoms with Crippen LogP contribution in [0.25, 0.3) is 0 Å². The van der Waals surface area contributed by atoms with Crippen molar-refractivity contribution in [3.63, 3.8) is 0 Å². The minimum atomic E-state index is -0.113. The largest absolute Gasteiger partial charge is 0.395 e. The number of nitrogens with one attached hydrogen (secondary N) is 1. The van der Waals surface area contributed by atoms with Crippen molar-refractivity contribution < 1.29 is 5.11 Å². The molecule has 16 heavy (non-hydrogen) atoms. The molecule has 0 bridgehead atoms. The number of aliphatic hydroxyl groups is 1. The van der Waals surface area contributed by atoms with Gasteiger partial charge in [0.2, 0.25) is 0 Å². The van der Waals surface area contributed by atoms with E-state index in [-0.39, 0.29) is 24.2 Å². The molecule has 0 saturated carbocycles. The van der Waals surface area contributed by atoms with Crippen molar-refractivity contribution in [3.05, 3.63) is 5.82 Å². The highest BCUT2D eigenvalue weighted by molar-refractivity contribution is 5.00. The Morgan fingerprint density at radius 3 is 2.75 bits per heavy atom. The van der Waals surface area contributed by atoms with Gasteiger partial charge in [-0.3, -0.25) is 0 Å². The number of aliphatic hydroxyl groups excluding tert-OH is 1. The summed E-state index contributed by atoms with van der Waals surface area (Å²) in [6, 6.07) is 0.335. The van der Waals surface area contributed by atoms with Crippen molar-refractivity contribution in [2.45, 2.75) is 51.2 Å². The second-order valence-electron chi connectivity index (χ2n) is 5.30. The van der Waals surface area contributed by atoms with Gasteiger partial charge < -0.3 is 10.4 Å². The highest BCUT2D eigenvalue weighted by atomic mass is 16.3. The van der Waals surface area contributed by atoms with Gasteiger partial charge in [0.1, 0.15) is 0 Å². The Labute approximate surface area is 95.0 Å². The van der Waals surface area contributed by atoms with Crippen molar-refractivity contribution in [2.75, 3.05) is 6.61 Å². The fraction of sp³-hybridized carbons (Fsp3) is 0.900. The zero-order chi connectivity index (χ0) is 11.8. The molecule has 0 aromatic carbocycles. The van der Waals surface area contributed by atoms with Crippen LogP contribution in [0, 0.1) is 0 Å². The maximum atomic E-state index is 9.09. The molecule has 2 atom stereocenters. The van der Waals surface area contributed by atoms with Gasteiger partial charge in [0.15, 0.2) is 5.82 Å². The first kappa shape index (κ1) is 11.5. The van der Waals surface area contributed by atoms with Gasteiger partial charge in [-0.05, 0) is 44.0 Å². The molecule has 1 aromatic heterocycles. The third-order valence-electron chi connectivity index (χ3n) is 2.90. The molecule has 90 valence electrons. The first-order valence-electron chi connectivity index (χ1n) is 5.68. The average molecular weight is 225 g/mol. The Morgan fingerprint density at radius 2 is 2.19 bits per heavy atom. The fourth-order valence-corrected chi connectivity index (χ4v) is 2.06. The van der Waals surface area contributed by atoms with Crippen LogP contribution in [0.15, 0.2) is 0 Å². The van der Waals surface area contributed by atoms with Crippen molar-refractivity contribution in [1.29, 1.82) is 0 Å². The van der Waals surface area contributed by atoms with Crippen LogP contribution < -0.4 is 5.32 Å². The molecule has 0 radical (unpaired) electrons. The van der Waals surface area contributed by atoms with E-state index in [4.69, 9.17) is 5.11 Å². The van der Waals surface area contributed by atoms with E-state index in [9.17, 15) is 0 Å². The molecule has 0 spiro atoms. The summed E-state index contributed by atoms with van der Waals surface area (Å²) >= 11 is 0. The topological polar surface area (TPSA) is 75.9 Å². The van der Waals surface area contributed by atoms with Gasteiger partial charge in [0.05, 0.1) is 18.2 Å². The maximum Gasteiger partial charge on any atom is 0.168 e. The van der Waals surface area contributed by atoms with E-state index in [0.29, 0.717) is 0 Å². The summed E-state index contributed by atoms with van der Waals surface area (Å²) in [4.78, 5) is 0. The molecule has 2 heterocycles. The van der Waals surface area contributed by atoms with Crippen LogP contribution in [-0.4, -0.2) is 38.0 Å². The Balaban J connectivity index is 2.19. The molecule has 0 unspecified atom stereocenters. The predicted octanol–water partition coefficient (Wildman–Crippen LogP) is 0.213. The number of hydrogen-bond acceptors (Lipinski definition) is 5. The molecule has 2 N–H and O–H groups in total. The van der Waals surface area contributed by atoms with Crippen LogP contribution in [0.5, 0.6) is 0 Å². The average Bonchev–Trinajstić information content (AvgIpc) is 2.84. The van der Waals surface area contributed by atoms with E-state index in [1.54, 1.807) is 0 Å². The molecular weight excluding hydrogens is 206 g/mol. The Hall–Kier alpha value is -1.01. The minimum absolute atomic E-state index is 0.113. The van der Waals surface area contributed by atoms with Gasteiger partial charge in [-0.2, -0.15) is 0 Å². The molecule has 1 aromatic rings. The SMILES string of the molecule is CC(C)(C)n1nnnc1[C@H]1CC[C@@H](CO)N1. The zero-order valence-electron chi connectivity index (χ0n) is 10.0. The quantitative estimate of drug-likeness (QED) is 0.752. The third kappa shape index (κ3) is 2.08. The molecule has 1 aliphatic heterocycles. The fourth-order valence-electron chi connectivity index (χ4n) is 2.06. The van der Waals surface area contributed by atoms with Gasteiger partial charge in [-0.25, -0.2) is 4.68 Å². The number of hydrogen-bond donors (Lipinski definition) is 2. The number of rotatable bonds is 2. The lowest BCUT2D eigenvalue weighted by Crippen LogP contribution is -2.32. The minimum Gasteiger partial charge on any atom is -0.395 e. The molecule has 0 aliphatic carbocycles. The highest BCUT2D eigenvalue weighted by Crippen LogP contribution is 2.27. The van der Waals surface area contributed by atoms with Crippen LogP contribution in [-0.2, 0) is 5.54 Å². The van der Waals surface area contributed by atoms with Crippen LogP contribution in [0.1, 0.15) is 45.5 Å². The number of tetrazole rings is 1. The molecular formula is C10H19N5O. The summed E-state index contributed by atoms with van der Waals surface area (Å²) in [6.07, 6.45) is 1.94.